The Morgan fingerprint density at radius 1 is 1.19 bits per heavy atom. The highest BCUT2D eigenvalue weighted by Crippen LogP contribution is 2.08. The number of aliphatic hydroxyl groups is 1. The summed E-state index contributed by atoms with van der Waals surface area (Å²) in [5, 5.41) is 8.86. The SMILES string of the molecule is CCN(CCO)CCCc1ccc(N)cc1. The number of likely N-dealkylation sites (N-methyl/N-ethyl adjacent to an activating group) is 1. The normalized spacial score (nSPS) is 10.9. The van der Waals surface area contributed by atoms with Gasteiger partial charge in [0.15, 0.2) is 0 Å². The van der Waals surface area contributed by atoms with Gasteiger partial charge in [0, 0.05) is 12.2 Å². The Morgan fingerprint density at radius 3 is 2.44 bits per heavy atom. The maximum absolute atomic E-state index is 8.86. The third-order valence-electron chi connectivity index (χ3n) is 2.78. The maximum Gasteiger partial charge on any atom is 0.0558 e. The van der Waals surface area contributed by atoms with Crippen molar-refractivity contribution in [2.24, 2.45) is 0 Å². The van der Waals surface area contributed by atoms with Gasteiger partial charge in [-0.2, -0.15) is 0 Å². The van der Waals surface area contributed by atoms with Crippen LogP contribution in [0.4, 0.5) is 5.69 Å². The Kier molecular flexibility index (Phi) is 5.90. The van der Waals surface area contributed by atoms with E-state index in [9.17, 15) is 0 Å². The van der Waals surface area contributed by atoms with Crippen molar-refractivity contribution in [1.82, 2.24) is 4.90 Å². The lowest BCUT2D eigenvalue weighted by atomic mass is 10.1. The first kappa shape index (κ1) is 13.0. The maximum atomic E-state index is 8.86. The van der Waals surface area contributed by atoms with Crippen LogP contribution in [0.25, 0.3) is 0 Å². The molecule has 0 radical (unpaired) electrons. The number of hydrogen-bond donors (Lipinski definition) is 2. The van der Waals surface area contributed by atoms with Crippen LogP contribution < -0.4 is 5.73 Å². The van der Waals surface area contributed by atoms with Crippen LogP contribution in [-0.4, -0.2) is 36.2 Å². The summed E-state index contributed by atoms with van der Waals surface area (Å²) in [5.74, 6) is 0. The monoisotopic (exact) mass is 222 g/mol. The Hall–Kier alpha value is -1.06. The van der Waals surface area contributed by atoms with Crippen molar-refractivity contribution in [3.63, 3.8) is 0 Å². The molecule has 0 atom stereocenters. The summed E-state index contributed by atoms with van der Waals surface area (Å²) < 4.78 is 0. The number of anilines is 1. The smallest absolute Gasteiger partial charge is 0.0558 e. The number of nitrogens with zero attached hydrogens (tertiary/aromatic N) is 1. The molecule has 0 unspecified atom stereocenters. The van der Waals surface area contributed by atoms with Gasteiger partial charge >= 0.3 is 0 Å². The van der Waals surface area contributed by atoms with Crippen molar-refractivity contribution < 1.29 is 5.11 Å². The largest absolute Gasteiger partial charge is 0.399 e. The van der Waals surface area contributed by atoms with Crippen LogP contribution in [0.1, 0.15) is 18.9 Å². The second-order valence-electron chi connectivity index (χ2n) is 4.00. The van der Waals surface area contributed by atoms with Crippen molar-refractivity contribution in [3.8, 4) is 0 Å². The highest BCUT2D eigenvalue weighted by atomic mass is 16.3. The van der Waals surface area contributed by atoms with Gasteiger partial charge in [-0.05, 0) is 43.6 Å². The van der Waals surface area contributed by atoms with E-state index < -0.39 is 0 Å². The predicted octanol–water partition coefficient (Wildman–Crippen LogP) is 1.52. The summed E-state index contributed by atoms with van der Waals surface area (Å²) >= 11 is 0. The third-order valence-corrected chi connectivity index (χ3v) is 2.78. The van der Waals surface area contributed by atoms with Gasteiger partial charge in [-0.15, -0.1) is 0 Å². The van der Waals surface area contributed by atoms with Gasteiger partial charge in [0.1, 0.15) is 0 Å². The first-order valence-corrected chi connectivity index (χ1v) is 5.94. The van der Waals surface area contributed by atoms with Gasteiger partial charge in [-0.3, -0.25) is 0 Å². The lowest BCUT2D eigenvalue weighted by Crippen LogP contribution is -2.27. The van der Waals surface area contributed by atoms with Crippen molar-refractivity contribution in [1.29, 1.82) is 0 Å². The molecule has 0 saturated carbocycles. The molecule has 16 heavy (non-hydrogen) atoms. The van der Waals surface area contributed by atoms with Crippen molar-refractivity contribution in [3.05, 3.63) is 29.8 Å². The van der Waals surface area contributed by atoms with E-state index in [0.717, 1.165) is 38.2 Å². The second-order valence-corrected chi connectivity index (χ2v) is 4.00. The van der Waals surface area contributed by atoms with Crippen LogP contribution in [0, 0.1) is 0 Å². The van der Waals surface area contributed by atoms with Gasteiger partial charge in [0.2, 0.25) is 0 Å². The molecule has 3 N–H and O–H groups in total. The average molecular weight is 222 g/mol. The fourth-order valence-electron chi connectivity index (χ4n) is 1.76. The van der Waals surface area contributed by atoms with E-state index in [-0.39, 0.29) is 6.61 Å². The van der Waals surface area contributed by atoms with Crippen LogP contribution in [0.3, 0.4) is 0 Å². The molecule has 0 aliphatic rings. The van der Waals surface area contributed by atoms with E-state index in [1.807, 2.05) is 12.1 Å². The molecule has 1 aromatic rings. The number of aliphatic hydroxyl groups excluding tert-OH is 1. The van der Waals surface area contributed by atoms with E-state index >= 15 is 0 Å². The number of rotatable bonds is 7. The van der Waals surface area contributed by atoms with Gasteiger partial charge < -0.3 is 15.7 Å². The zero-order valence-electron chi connectivity index (χ0n) is 10.0. The van der Waals surface area contributed by atoms with Crippen molar-refractivity contribution in [2.75, 3.05) is 32.0 Å². The molecule has 3 heteroatoms. The number of benzene rings is 1. The molecule has 0 bridgehead atoms. The zero-order valence-corrected chi connectivity index (χ0v) is 10.0. The quantitative estimate of drug-likeness (QED) is 0.688. The number of nitrogen functional groups attached to an aromatic ring is 1. The minimum Gasteiger partial charge on any atom is -0.399 e. The highest BCUT2D eigenvalue weighted by molar-refractivity contribution is 5.39. The minimum atomic E-state index is 0.246. The van der Waals surface area contributed by atoms with Crippen molar-refractivity contribution >= 4 is 5.69 Å². The lowest BCUT2D eigenvalue weighted by molar-refractivity contribution is 0.200. The summed E-state index contributed by atoms with van der Waals surface area (Å²) in [5.41, 5.74) is 7.78. The summed E-state index contributed by atoms with van der Waals surface area (Å²) in [7, 11) is 0. The molecule has 0 saturated heterocycles. The van der Waals surface area contributed by atoms with Crippen LogP contribution in [0.5, 0.6) is 0 Å². The van der Waals surface area contributed by atoms with E-state index in [1.165, 1.54) is 5.56 Å². The summed E-state index contributed by atoms with van der Waals surface area (Å²) in [4.78, 5) is 2.26. The Morgan fingerprint density at radius 2 is 1.88 bits per heavy atom. The fourth-order valence-corrected chi connectivity index (χ4v) is 1.76. The summed E-state index contributed by atoms with van der Waals surface area (Å²) in [6.07, 6.45) is 2.19. The Balaban J connectivity index is 2.26. The first-order chi connectivity index (χ1) is 7.76. The summed E-state index contributed by atoms with van der Waals surface area (Å²) in [6.45, 7) is 5.19. The van der Waals surface area contributed by atoms with Crippen LogP contribution in [0.2, 0.25) is 0 Å². The molecule has 3 nitrogen and oxygen atoms in total. The molecule has 0 heterocycles. The number of hydrogen-bond acceptors (Lipinski definition) is 3. The average Bonchev–Trinajstić information content (AvgIpc) is 2.30. The molecule has 0 aliphatic heterocycles. The molecular formula is C13H22N2O. The molecule has 0 spiro atoms. The first-order valence-electron chi connectivity index (χ1n) is 5.94. The fraction of sp³-hybridized carbons (Fsp3) is 0.538. The topological polar surface area (TPSA) is 49.5 Å². The van der Waals surface area contributed by atoms with E-state index in [2.05, 4.69) is 24.0 Å². The number of nitrogens with two attached hydrogens (primary N) is 1. The molecule has 1 aromatic carbocycles. The standard InChI is InChI=1S/C13H22N2O/c1-2-15(10-11-16)9-3-4-12-5-7-13(14)8-6-12/h5-8,16H,2-4,9-11,14H2,1H3. The van der Waals surface area contributed by atoms with Crippen LogP contribution >= 0.6 is 0 Å². The van der Waals surface area contributed by atoms with Gasteiger partial charge in [-0.25, -0.2) is 0 Å². The van der Waals surface area contributed by atoms with Gasteiger partial charge in [-0.1, -0.05) is 19.1 Å². The third kappa shape index (κ3) is 4.64. The molecular weight excluding hydrogens is 200 g/mol. The Labute approximate surface area is 97.9 Å². The number of aryl methyl sites for hydroxylation is 1. The second kappa shape index (κ2) is 7.25. The molecule has 0 aliphatic carbocycles. The van der Waals surface area contributed by atoms with E-state index in [0.29, 0.717) is 0 Å². The molecule has 90 valence electrons. The zero-order chi connectivity index (χ0) is 11.8. The van der Waals surface area contributed by atoms with Crippen molar-refractivity contribution in [2.45, 2.75) is 19.8 Å². The Bertz CT molecular complexity index is 284. The molecule has 0 aromatic heterocycles. The van der Waals surface area contributed by atoms with E-state index in [1.54, 1.807) is 0 Å². The van der Waals surface area contributed by atoms with Crippen LogP contribution in [0.15, 0.2) is 24.3 Å². The highest BCUT2D eigenvalue weighted by Gasteiger charge is 2.01. The summed E-state index contributed by atoms with van der Waals surface area (Å²) in [6, 6.07) is 8.05. The van der Waals surface area contributed by atoms with Gasteiger partial charge in [0.25, 0.3) is 0 Å². The molecule has 1 rings (SSSR count). The molecule has 0 fully saturated rings. The minimum absolute atomic E-state index is 0.246. The predicted molar refractivity (Wildman–Crippen MR) is 68.4 cm³/mol. The van der Waals surface area contributed by atoms with E-state index in [4.69, 9.17) is 10.8 Å². The molecule has 0 amide bonds. The lowest BCUT2D eigenvalue weighted by Gasteiger charge is -2.18. The van der Waals surface area contributed by atoms with Crippen LogP contribution in [-0.2, 0) is 6.42 Å². The van der Waals surface area contributed by atoms with Gasteiger partial charge in [0.05, 0.1) is 6.61 Å².